The highest BCUT2D eigenvalue weighted by atomic mass is 19.4. The van der Waals surface area contributed by atoms with Crippen LogP contribution in [0.25, 0.3) is 10.9 Å². The molecule has 3 aromatic rings. The third-order valence-electron chi connectivity index (χ3n) is 5.86. The minimum absolute atomic E-state index is 0.228. The van der Waals surface area contributed by atoms with Crippen molar-refractivity contribution in [2.75, 3.05) is 0 Å². The van der Waals surface area contributed by atoms with E-state index in [0.717, 1.165) is 0 Å². The van der Waals surface area contributed by atoms with Crippen LogP contribution in [0.15, 0.2) is 59.5 Å². The molecule has 2 aromatic carbocycles. The van der Waals surface area contributed by atoms with Crippen molar-refractivity contribution in [1.82, 2.24) is 4.57 Å². The second-order valence-electron chi connectivity index (χ2n) is 8.31. The number of aryl methyl sites for hydroxylation is 1. The highest BCUT2D eigenvalue weighted by Crippen LogP contribution is 2.39. The van der Waals surface area contributed by atoms with Crippen LogP contribution in [0, 0.1) is 24.2 Å². The number of hydrogen-bond donors (Lipinski definition) is 1. The van der Waals surface area contributed by atoms with E-state index in [-0.39, 0.29) is 5.43 Å². The van der Waals surface area contributed by atoms with Gasteiger partial charge in [-0.05, 0) is 36.8 Å². The number of halogens is 3. The number of alkyl halides is 3. The smallest absolute Gasteiger partial charge is 0.392 e. The van der Waals surface area contributed by atoms with Crippen LogP contribution < -0.4 is 5.43 Å². The lowest BCUT2D eigenvalue weighted by Crippen LogP contribution is -2.47. The Kier molecular flexibility index (Phi) is 5.97. The summed E-state index contributed by atoms with van der Waals surface area (Å²) >= 11 is 0. The zero-order valence-corrected chi connectivity index (χ0v) is 17.4. The van der Waals surface area contributed by atoms with Crippen LogP contribution in [0.3, 0.4) is 0 Å². The minimum Gasteiger partial charge on any atom is -0.392 e. The summed E-state index contributed by atoms with van der Waals surface area (Å²) in [5, 5.41) is 20.2. The second kappa shape index (κ2) is 8.20. The summed E-state index contributed by atoms with van der Waals surface area (Å²) in [5.74, 6) is -2.08. The average molecular weight is 428 g/mol. The van der Waals surface area contributed by atoms with Gasteiger partial charge in [0, 0.05) is 29.1 Å². The van der Waals surface area contributed by atoms with Crippen LogP contribution in [-0.4, -0.2) is 22.0 Å². The highest BCUT2D eigenvalue weighted by molar-refractivity contribution is 5.79. The van der Waals surface area contributed by atoms with Gasteiger partial charge in [0.2, 0.25) is 0 Å². The van der Waals surface area contributed by atoms with Crippen LogP contribution in [0.5, 0.6) is 0 Å². The van der Waals surface area contributed by atoms with E-state index in [1.165, 1.54) is 22.9 Å². The predicted octanol–water partition coefficient (Wildman–Crippen LogP) is 4.70. The van der Waals surface area contributed by atoms with E-state index >= 15 is 0 Å². The lowest BCUT2D eigenvalue weighted by Gasteiger charge is -2.38. The molecule has 7 heteroatoms. The molecule has 0 saturated carbocycles. The summed E-state index contributed by atoms with van der Waals surface area (Å²) in [6.07, 6.45) is -5.04. The van der Waals surface area contributed by atoms with Crippen molar-refractivity contribution in [3.05, 3.63) is 81.6 Å². The van der Waals surface area contributed by atoms with Gasteiger partial charge < -0.3 is 9.67 Å². The number of nitriles is 1. The van der Waals surface area contributed by atoms with Gasteiger partial charge >= 0.3 is 6.18 Å². The van der Waals surface area contributed by atoms with E-state index in [4.69, 9.17) is 5.26 Å². The third kappa shape index (κ3) is 4.35. The van der Waals surface area contributed by atoms with Gasteiger partial charge in [0.05, 0.1) is 29.2 Å². The first-order chi connectivity index (χ1) is 14.5. The number of fused-ring (bicyclic) bond motifs is 1. The molecule has 0 radical (unpaired) electrons. The van der Waals surface area contributed by atoms with Crippen molar-refractivity contribution < 1.29 is 18.3 Å². The lowest BCUT2D eigenvalue weighted by atomic mass is 9.74. The SMILES string of the molecule is Cc1cn(CC(C(O)C(C)(C)c2ccc(C#N)cc2)C(F)(F)F)c2ccccc2c1=O. The van der Waals surface area contributed by atoms with E-state index in [2.05, 4.69) is 0 Å². The maximum Gasteiger partial charge on any atom is 0.396 e. The molecular weight excluding hydrogens is 405 g/mol. The Morgan fingerprint density at radius 1 is 1.10 bits per heavy atom. The Hall–Kier alpha value is -3.11. The van der Waals surface area contributed by atoms with Crippen LogP contribution in [0.2, 0.25) is 0 Å². The molecule has 31 heavy (non-hydrogen) atoms. The standard InChI is InChI=1S/C24H23F3N2O2/c1-15-13-29(20-7-5-4-6-18(20)21(15)30)14-19(24(25,26)27)22(31)23(2,3)17-10-8-16(12-28)9-11-17/h4-11,13,19,22,31H,14H2,1-3H3. The monoisotopic (exact) mass is 428 g/mol. The Labute approximate surface area is 178 Å². The first kappa shape index (κ1) is 22.6. The summed E-state index contributed by atoms with van der Waals surface area (Å²) in [7, 11) is 0. The number of aliphatic hydroxyl groups is 1. The van der Waals surface area contributed by atoms with Gasteiger partial charge in [0.25, 0.3) is 0 Å². The van der Waals surface area contributed by atoms with Gasteiger partial charge in [0.15, 0.2) is 5.43 Å². The molecule has 2 unspecified atom stereocenters. The number of aliphatic hydroxyl groups excluding tert-OH is 1. The molecule has 2 atom stereocenters. The topological polar surface area (TPSA) is 66.0 Å². The largest absolute Gasteiger partial charge is 0.396 e. The lowest BCUT2D eigenvalue weighted by molar-refractivity contribution is -0.211. The average Bonchev–Trinajstić information content (AvgIpc) is 2.74. The van der Waals surface area contributed by atoms with E-state index in [1.807, 2.05) is 6.07 Å². The molecule has 162 valence electrons. The van der Waals surface area contributed by atoms with Crippen molar-refractivity contribution in [2.45, 2.75) is 45.0 Å². The van der Waals surface area contributed by atoms with Crippen LogP contribution in [-0.2, 0) is 12.0 Å². The van der Waals surface area contributed by atoms with Crippen LogP contribution >= 0.6 is 0 Å². The Bertz CT molecular complexity index is 1190. The zero-order valence-electron chi connectivity index (χ0n) is 17.4. The highest BCUT2D eigenvalue weighted by Gasteiger charge is 2.49. The fourth-order valence-corrected chi connectivity index (χ4v) is 3.88. The number of nitrogens with zero attached hydrogens (tertiary/aromatic N) is 2. The number of benzene rings is 2. The molecule has 0 saturated heterocycles. The molecule has 0 aliphatic heterocycles. The summed E-state index contributed by atoms with van der Waals surface area (Å²) in [4.78, 5) is 12.4. The number of rotatable bonds is 5. The zero-order chi connectivity index (χ0) is 23.0. The number of aromatic nitrogens is 1. The molecule has 1 aromatic heterocycles. The maximum atomic E-state index is 14.1. The quantitative estimate of drug-likeness (QED) is 0.641. The fourth-order valence-electron chi connectivity index (χ4n) is 3.88. The number of hydrogen-bond acceptors (Lipinski definition) is 3. The summed E-state index contributed by atoms with van der Waals surface area (Å²) in [6.45, 7) is 4.12. The van der Waals surface area contributed by atoms with Crippen molar-refractivity contribution >= 4 is 10.9 Å². The Balaban J connectivity index is 2.06. The van der Waals surface area contributed by atoms with Crippen LogP contribution in [0.1, 0.15) is 30.5 Å². The third-order valence-corrected chi connectivity index (χ3v) is 5.86. The molecule has 1 N–H and O–H groups in total. The number of para-hydroxylation sites is 1. The minimum atomic E-state index is -4.68. The first-order valence-corrected chi connectivity index (χ1v) is 9.81. The summed E-state index contributed by atoms with van der Waals surface area (Å²) in [5.41, 5.74) is 0.133. The van der Waals surface area contributed by atoms with E-state index in [9.17, 15) is 23.1 Å². The van der Waals surface area contributed by atoms with Crippen molar-refractivity contribution in [3.63, 3.8) is 0 Å². The van der Waals surface area contributed by atoms with E-state index in [1.54, 1.807) is 57.2 Å². The van der Waals surface area contributed by atoms with Crippen molar-refractivity contribution in [2.24, 2.45) is 5.92 Å². The molecule has 1 heterocycles. The summed E-state index contributed by atoms with van der Waals surface area (Å²) < 4.78 is 43.8. The first-order valence-electron chi connectivity index (χ1n) is 9.81. The van der Waals surface area contributed by atoms with Crippen molar-refractivity contribution in [3.8, 4) is 6.07 Å². The molecule has 0 spiro atoms. The predicted molar refractivity (Wildman–Crippen MR) is 113 cm³/mol. The van der Waals surface area contributed by atoms with Gasteiger partial charge in [-0.2, -0.15) is 18.4 Å². The normalized spacial score (nSPS) is 14.3. The Morgan fingerprint density at radius 2 is 1.71 bits per heavy atom. The number of pyridine rings is 1. The van der Waals surface area contributed by atoms with Crippen molar-refractivity contribution in [1.29, 1.82) is 5.26 Å². The molecule has 4 nitrogen and oxygen atoms in total. The van der Waals surface area contributed by atoms with E-state index in [0.29, 0.717) is 27.6 Å². The van der Waals surface area contributed by atoms with Gasteiger partial charge in [-0.25, -0.2) is 0 Å². The second-order valence-corrected chi connectivity index (χ2v) is 8.31. The molecule has 0 amide bonds. The van der Waals surface area contributed by atoms with Gasteiger partial charge in [-0.1, -0.05) is 38.1 Å². The van der Waals surface area contributed by atoms with Crippen LogP contribution in [0.4, 0.5) is 13.2 Å². The molecule has 0 aliphatic rings. The van der Waals surface area contributed by atoms with Gasteiger partial charge in [-0.3, -0.25) is 4.79 Å². The Morgan fingerprint density at radius 3 is 2.29 bits per heavy atom. The maximum absolute atomic E-state index is 14.1. The molecule has 3 rings (SSSR count). The molecule has 0 fully saturated rings. The van der Waals surface area contributed by atoms with Gasteiger partial charge in [-0.15, -0.1) is 0 Å². The molecule has 0 bridgehead atoms. The molecule has 0 aliphatic carbocycles. The van der Waals surface area contributed by atoms with Gasteiger partial charge in [0.1, 0.15) is 0 Å². The summed E-state index contributed by atoms with van der Waals surface area (Å²) in [6, 6.07) is 14.6. The van der Waals surface area contributed by atoms with E-state index < -0.39 is 30.2 Å². The fraction of sp³-hybridized carbons (Fsp3) is 0.333. The molecular formula is C24H23F3N2O2.